The minimum atomic E-state index is -0.215. The van der Waals surface area contributed by atoms with Gasteiger partial charge in [0.2, 0.25) is 5.95 Å². The smallest absolute Gasteiger partial charge is 0.225 e. The predicted molar refractivity (Wildman–Crippen MR) is 145 cm³/mol. The van der Waals surface area contributed by atoms with Crippen molar-refractivity contribution in [3.63, 3.8) is 0 Å². The van der Waals surface area contributed by atoms with E-state index in [0.29, 0.717) is 11.9 Å². The second kappa shape index (κ2) is 10.2. The average Bonchev–Trinajstić information content (AvgIpc) is 3.48. The first-order valence-corrected chi connectivity index (χ1v) is 12.9. The molecule has 1 aliphatic heterocycles. The topological polar surface area (TPSA) is 102 Å². The van der Waals surface area contributed by atoms with Crippen LogP contribution in [0.1, 0.15) is 35.6 Å². The molecule has 10 heteroatoms. The van der Waals surface area contributed by atoms with Crippen LogP contribution >= 0.6 is 0 Å². The van der Waals surface area contributed by atoms with E-state index < -0.39 is 0 Å². The van der Waals surface area contributed by atoms with E-state index in [4.69, 9.17) is 15.4 Å². The molecule has 38 heavy (non-hydrogen) atoms. The van der Waals surface area contributed by atoms with Crippen molar-refractivity contribution in [3.05, 3.63) is 84.0 Å². The number of aliphatic imine (C=N–C) groups is 1. The van der Waals surface area contributed by atoms with Crippen LogP contribution in [-0.4, -0.2) is 68.0 Å². The van der Waals surface area contributed by atoms with Crippen LogP contribution < -0.4 is 4.90 Å². The molecule has 4 aromatic rings. The molecule has 0 unspecified atom stereocenters. The third kappa shape index (κ3) is 4.93. The van der Waals surface area contributed by atoms with E-state index in [1.807, 2.05) is 56.2 Å². The maximum atomic E-state index is 13.5. The Morgan fingerprint density at radius 1 is 1.05 bits per heavy atom. The summed E-state index contributed by atoms with van der Waals surface area (Å²) in [5, 5.41) is 11.8. The molecule has 194 valence electrons. The number of hydrogen-bond acceptors (Lipinski definition) is 5. The van der Waals surface area contributed by atoms with E-state index in [-0.39, 0.29) is 11.7 Å². The van der Waals surface area contributed by atoms with Gasteiger partial charge in [-0.2, -0.15) is 5.10 Å². The number of halogens is 1. The number of nitrogens with one attached hydrogen (secondary N) is 2. The van der Waals surface area contributed by atoms with Crippen molar-refractivity contribution in [1.29, 1.82) is 5.41 Å². The Bertz CT molecular complexity index is 1430. The molecule has 0 amide bonds. The van der Waals surface area contributed by atoms with Gasteiger partial charge in [-0.3, -0.25) is 10.1 Å². The first-order chi connectivity index (χ1) is 18.6. The second-order valence-electron chi connectivity index (χ2n) is 9.94. The number of hydrogen-bond donors (Lipinski definition) is 2. The molecule has 1 saturated carbocycles. The maximum Gasteiger partial charge on any atom is 0.225 e. The molecule has 0 spiro atoms. The lowest BCUT2D eigenvalue weighted by Crippen LogP contribution is -2.49. The van der Waals surface area contributed by atoms with Crippen molar-refractivity contribution < 1.29 is 4.39 Å². The molecule has 2 N–H and O–H groups in total. The Labute approximate surface area is 220 Å². The minimum absolute atomic E-state index is 0.207. The number of aryl methyl sites for hydroxylation is 1. The van der Waals surface area contributed by atoms with E-state index in [1.165, 1.54) is 25.0 Å². The van der Waals surface area contributed by atoms with Crippen molar-refractivity contribution in [2.45, 2.75) is 18.8 Å². The van der Waals surface area contributed by atoms with E-state index in [0.717, 1.165) is 66.3 Å². The molecule has 1 aromatic carbocycles. The molecule has 9 nitrogen and oxygen atoms in total. The fourth-order valence-corrected chi connectivity index (χ4v) is 5.25. The number of piperazine rings is 1. The maximum absolute atomic E-state index is 13.5. The highest BCUT2D eigenvalue weighted by molar-refractivity contribution is 6.01. The lowest BCUT2D eigenvalue weighted by Gasteiger charge is -2.36. The summed E-state index contributed by atoms with van der Waals surface area (Å²) in [5.74, 6) is 2.02. The number of aromatic nitrogens is 5. The highest BCUT2D eigenvalue weighted by Gasteiger charge is 2.34. The van der Waals surface area contributed by atoms with Gasteiger partial charge in [-0.15, -0.1) is 0 Å². The number of benzene rings is 1. The second-order valence-corrected chi connectivity index (χ2v) is 9.94. The molecule has 4 heterocycles. The van der Waals surface area contributed by atoms with Gasteiger partial charge in [0, 0.05) is 75.1 Å². The van der Waals surface area contributed by atoms with Gasteiger partial charge in [0.1, 0.15) is 12.2 Å². The Morgan fingerprint density at radius 3 is 2.42 bits per heavy atom. The van der Waals surface area contributed by atoms with Crippen LogP contribution in [0.4, 0.5) is 10.3 Å². The fraction of sp³-hybridized carbons (Fsp3) is 0.321. The van der Waals surface area contributed by atoms with Gasteiger partial charge >= 0.3 is 0 Å². The van der Waals surface area contributed by atoms with Gasteiger partial charge in [-0.25, -0.2) is 19.4 Å². The number of amidine groups is 1. The van der Waals surface area contributed by atoms with Gasteiger partial charge in [0.15, 0.2) is 5.84 Å². The third-order valence-corrected chi connectivity index (χ3v) is 7.35. The molecular weight excluding hydrogens is 481 g/mol. The first-order valence-electron chi connectivity index (χ1n) is 12.9. The zero-order chi connectivity index (χ0) is 26.1. The van der Waals surface area contributed by atoms with Crippen LogP contribution in [0.5, 0.6) is 0 Å². The Morgan fingerprint density at radius 2 is 1.79 bits per heavy atom. The van der Waals surface area contributed by atoms with Crippen molar-refractivity contribution in [2.24, 2.45) is 18.0 Å². The third-order valence-electron chi connectivity index (χ3n) is 7.35. The zero-order valence-corrected chi connectivity index (χ0v) is 21.3. The molecule has 2 aliphatic rings. The summed E-state index contributed by atoms with van der Waals surface area (Å²) in [4.78, 5) is 21.5. The van der Waals surface area contributed by atoms with Crippen molar-refractivity contribution in [2.75, 3.05) is 31.1 Å². The number of nitrogens with zero attached hydrogens (tertiary/aromatic N) is 7. The summed E-state index contributed by atoms with van der Waals surface area (Å²) in [6.45, 7) is 2.96. The van der Waals surface area contributed by atoms with Gasteiger partial charge in [0.25, 0.3) is 0 Å². The molecule has 0 radical (unpaired) electrons. The van der Waals surface area contributed by atoms with Gasteiger partial charge in [0.05, 0.1) is 11.9 Å². The first kappa shape index (κ1) is 24.0. The predicted octanol–water partition coefficient (Wildman–Crippen LogP) is 4.06. The molecule has 0 bridgehead atoms. The Hall–Kier alpha value is -4.34. The zero-order valence-electron chi connectivity index (χ0n) is 21.3. The van der Waals surface area contributed by atoms with E-state index in [2.05, 4.69) is 24.9 Å². The Balaban J connectivity index is 1.13. The summed E-state index contributed by atoms with van der Waals surface area (Å²) < 4.78 is 15.2. The molecule has 1 aliphatic carbocycles. The monoisotopic (exact) mass is 511 g/mol. The summed E-state index contributed by atoms with van der Waals surface area (Å²) in [5.41, 5.74) is 5.13. The van der Waals surface area contributed by atoms with Crippen LogP contribution in [0.25, 0.3) is 11.1 Å². The van der Waals surface area contributed by atoms with Gasteiger partial charge in [-0.1, -0.05) is 12.1 Å². The number of rotatable bonds is 7. The lowest BCUT2D eigenvalue weighted by atomic mass is 9.89. The molecule has 6 rings (SSSR count). The highest BCUT2D eigenvalue weighted by atomic mass is 19.1. The van der Waals surface area contributed by atoms with Crippen molar-refractivity contribution in [1.82, 2.24) is 29.6 Å². The van der Waals surface area contributed by atoms with Crippen LogP contribution in [0.2, 0.25) is 0 Å². The largest absolute Gasteiger partial charge is 0.358 e. The van der Waals surface area contributed by atoms with E-state index in [1.54, 1.807) is 4.68 Å². The quantitative estimate of drug-likeness (QED) is 0.288. The number of aromatic amines is 1. The van der Waals surface area contributed by atoms with Gasteiger partial charge in [-0.05, 0) is 48.1 Å². The van der Waals surface area contributed by atoms with E-state index >= 15 is 0 Å². The minimum Gasteiger partial charge on any atom is -0.358 e. The van der Waals surface area contributed by atoms with Crippen LogP contribution in [0.15, 0.2) is 66.3 Å². The van der Waals surface area contributed by atoms with Crippen LogP contribution in [0, 0.1) is 17.1 Å². The van der Waals surface area contributed by atoms with Crippen molar-refractivity contribution >= 4 is 18.1 Å². The fourth-order valence-electron chi connectivity index (χ4n) is 5.25. The van der Waals surface area contributed by atoms with Crippen molar-refractivity contribution in [3.8, 4) is 11.1 Å². The highest BCUT2D eigenvalue weighted by Crippen LogP contribution is 2.46. The molecule has 1 atom stereocenters. The lowest BCUT2D eigenvalue weighted by molar-refractivity contribution is 0.383. The van der Waals surface area contributed by atoms with Crippen LogP contribution in [-0.2, 0) is 7.05 Å². The normalized spacial score (nSPS) is 17.1. The number of H-pyrrole nitrogens is 1. The molecule has 3 aromatic heterocycles. The Kier molecular flexibility index (Phi) is 6.45. The molecule has 1 saturated heterocycles. The van der Waals surface area contributed by atoms with E-state index in [9.17, 15) is 4.39 Å². The van der Waals surface area contributed by atoms with Crippen LogP contribution in [0.3, 0.4) is 0 Å². The van der Waals surface area contributed by atoms with Gasteiger partial charge < -0.3 is 14.8 Å². The summed E-state index contributed by atoms with van der Waals surface area (Å²) in [6, 6.07) is 8.86. The molecular formula is C28H30FN9. The summed E-state index contributed by atoms with van der Waals surface area (Å²) in [6.07, 6.45) is 13.0. The standard InChI is InChI=1S/C28H30FN9/c1-36-17-23(16-35-36)21-12-25(31-13-21)27(34-18-30)37-8-10-38(11-9-37)28-32-14-22(15-33-28)26(19-2-3-19)20-4-6-24(29)7-5-20/h4-7,12-19,26,30-31H,2-3,8-11H2,1H3/b30-18?,34-27+/t26-/m0/s1. The summed E-state index contributed by atoms with van der Waals surface area (Å²) in [7, 11) is 1.90. The molecule has 2 fully saturated rings. The number of anilines is 1. The summed E-state index contributed by atoms with van der Waals surface area (Å²) >= 11 is 0. The SMILES string of the molecule is Cn1cc(-c2c[nH]c(/C(=N\C=N)N3CCN(c4ncc([C@H](c5ccc(F)cc5)C5CC5)cn4)CC3)c2)cn1. The average molecular weight is 512 g/mol.